The van der Waals surface area contributed by atoms with Gasteiger partial charge in [-0.05, 0) is 24.1 Å². The fourth-order valence-electron chi connectivity index (χ4n) is 1.99. The number of benzene rings is 1. The number of primary amides is 1. The Kier molecular flexibility index (Phi) is 5.48. The molecule has 0 saturated heterocycles. The third kappa shape index (κ3) is 4.65. The summed E-state index contributed by atoms with van der Waals surface area (Å²) in [5.74, 6) is -2.28. The Morgan fingerprint density at radius 3 is 2.43 bits per heavy atom. The number of hydrogen-bond donors (Lipinski definition) is 3. The summed E-state index contributed by atoms with van der Waals surface area (Å²) in [5, 5.41) is 11.5. The van der Waals surface area contributed by atoms with Gasteiger partial charge in [0.2, 0.25) is 5.91 Å². The summed E-state index contributed by atoms with van der Waals surface area (Å²) in [4.78, 5) is 35.4. The maximum atomic E-state index is 12.2. The van der Waals surface area contributed by atoms with Gasteiger partial charge in [0.05, 0.1) is 4.88 Å². The van der Waals surface area contributed by atoms with Crippen molar-refractivity contribution in [2.24, 2.45) is 5.73 Å². The monoisotopic (exact) mass is 332 g/mol. The highest BCUT2D eigenvalue weighted by Gasteiger charge is 2.22. The molecule has 7 heteroatoms. The molecule has 0 aliphatic carbocycles. The zero-order chi connectivity index (χ0) is 16.8. The maximum absolute atomic E-state index is 12.2. The summed E-state index contributed by atoms with van der Waals surface area (Å²) in [6, 6.07) is 11.9. The van der Waals surface area contributed by atoms with Crippen molar-refractivity contribution in [3.63, 3.8) is 0 Å². The second kappa shape index (κ2) is 7.55. The number of carboxylic acid groups (broad SMARTS) is 1. The number of aliphatic carboxylic acids is 1. The van der Waals surface area contributed by atoms with E-state index < -0.39 is 23.8 Å². The van der Waals surface area contributed by atoms with Crippen LogP contribution in [-0.2, 0) is 9.59 Å². The van der Waals surface area contributed by atoms with Crippen molar-refractivity contribution in [1.29, 1.82) is 0 Å². The number of rotatable bonds is 7. The highest BCUT2D eigenvalue weighted by molar-refractivity contribution is 7.17. The molecular weight excluding hydrogens is 316 g/mol. The first-order chi connectivity index (χ1) is 11.0. The number of carbonyl (C=O) groups excluding carboxylic acids is 2. The quantitative estimate of drug-likeness (QED) is 0.719. The Hall–Kier alpha value is -2.67. The van der Waals surface area contributed by atoms with Crippen LogP contribution in [0.15, 0.2) is 42.5 Å². The van der Waals surface area contributed by atoms with Crippen LogP contribution >= 0.6 is 11.3 Å². The van der Waals surface area contributed by atoms with E-state index >= 15 is 0 Å². The standard InChI is InChI=1S/C16H16N2O4S/c17-14(19)9-6-11(16(21)22)18-15(20)13-8-7-12(23-13)10-4-2-1-3-5-10/h1-5,7-8,11H,6,9H2,(H2,17,19)(H,18,20)(H,21,22)/t11-/m0/s1. The number of amides is 2. The highest BCUT2D eigenvalue weighted by atomic mass is 32.1. The largest absolute Gasteiger partial charge is 0.480 e. The van der Waals surface area contributed by atoms with Gasteiger partial charge in [0.15, 0.2) is 0 Å². The third-order valence-electron chi connectivity index (χ3n) is 3.17. The molecule has 1 atom stereocenters. The van der Waals surface area contributed by atoms with Crippen LogP contribution in [0.5, 0.6) is 0 Å². The van der Waals surface area contributed by atoms with E-state index in [2.05, 4.69) is 5.32 Å². The normalized spacial score (nSPS) is 11.7. The van der Waals surface area contributed by atoms with Crippen molar-refractivity contribution in [1.82, 2.24) is 5.32 Å². The molecule has 2 amide bonds. The van der Waals surface area contributed by atoms with E-state index in [1.807, 2.05) is 36.4 Å². The van der Waals surface area contributed by atoms with Crippen LogP contribution in [0.2, 0.25) is 0 Å². The van der Waals surface area contributed by atoms with Gasteiger partial charge >= 0.3 is 5.97 Å². The Morgan fingerprint density at radius 1 is 1.13 bits per heavy atom. The molecule has 6 nitrogen and oxygen atoms in total. The van der Waals surface area contributed by atoms with Crippen molar-refractivity contribution in [2.45, 2.75) is 18.9 Å². The lowest BCUT2D eigenvalue weighted by atomic mass is 10.1. The first kappa shape index (κ1) is 16.7. The summed E-state index contributed by atoms with van der Waals surface area (Å²) >= 11 is 1.28. The molecule has 0 spiro atoms. The molecule has 0 saturated carbocycles. The number of nitrogens with one attached hydrogen (secondary N) is 1. The van der Waals surface area contributed by atoms with Crippen molar-refractivity contribution in [3.05, 3.63) is 47.3 Å². The van der Waals surface area contributed by atoms with Crippen LogP contribution in [0.1, 0.15) is 22.5 Å². The van der Waals surface area contributed by atoms with E-state index in [-0.39, 0.29) is 12.8 Å². The molecule has 0 unspecified atom stereocenters. The average molecular weight is 332 g/mol. The maximum Gasteiger partial charge on any atom is 0.326 e. The van der Waals surface area contributed by atoms with E-state index in [1.165, 1.54) is 11.3 Å². The number of thiophene rings is 1. The summed E-state index contributed by atoms with van der Waals surface area (Å²) in [7, 11) is 0. The molecule has 2 aromatic rings. The lowest BCUT2D eigenvalue weighted by Gasteiger charge is -2.12. The predicted octanol–water partition coefficient (Wildman–Crippen LogP) is 1.86. The molecule has 23 heavy (non-hydrogen) atoms. The summed E-state index contributed by atoms with van der Waals surface area (Å²) in [5.41, 5.74) is 5.99. The molecule has 0 radical (unpaired) electrons. The number of hydrogen-bond acceptors (Lipinski definition) is 4. The molecule has 120 valence electrons. The van der Waals surface area contributed by atoms with Crippen LogP contribution in [0.4, 0.5) is 0 Å². The molecule has 0 fully saturated rings. The van der Waals surface area contributed by atoms with E-state index in [1.54, 1.807) is 6.07 Å². The predicted molar refractivity (Wildman–Crippen MR) is 87.1 cm³/mol. The van der Waals surface area contributed by atoms with Crippen molar-refractivity contribution in [2.75, 3.05) is 0 Å². The summed E-state index contributed by atoms with van der Waals surface area (Å²) in [6.45, 7) is 0. The smallest absolute Gasteiger partial charge is 0.326 e. The Morgan fingerprint density at radius 2 is 1.83 bits per heavy atom. The minimum Gasteiger partial charge on any atom is -0.480 e. The van der Waals surface area contributed by atoms with E-state index in [0.717, 1.165) is 10.4 Å². The molecular formula is C16H16N2O4S. The SMILES string of the molecule is NC(=O)CC[C@H](NC(=O)c1ccc(-c2ccccc2)s1)C(=O)O. The van der Waals surface area contributed by atoms with Gasteiger partial charge in [0, 0.05) is 11.3 Å². The summed E-state index contributed by atoms with van der Waals surface area (Å²) < 4.78 is 0. The van der Waals surface area contributed by atoms with Gasteiger partial charge in [-0.2, -0.15) is 0 Å². The minimum atomic E-state index is -1.19. The zero-order valence-electron chi connectivity index (χ0n) is 12.2. The second-order valence-electron chi connectivity index (χ2n) is 4.90. The molecule has 1 aromatic carbocycles. The molecule has 2 rings (SSSR count). The van der Waals surface area contributed by atoms with Gasteiger partial charge in [0.1, 0.15) is 6.04 Å². The van der Waals surface area contributed by atoms with E-state index in [9.17, 15) is 14.4 Å². The van der Waals surface area contributed by atoms with E-state index in [4.69, 9.17) is 10.8 Å². The molecule has 1 aromatic heterocycles. The lowest BCUT2D eigenvalue weighted by molar-refractivity contribution is -0.139. The van der Waals surface area contributed by atoms with Crippen molar-refractivity contribution >= 4 is 29.1 Å². The fraction of sp³-hybridized carbons (Fsp3) is 0.188. The molecule has 0 bridgehead atoms. The molecule has 0 aliphatic heterocycles. The second-order valence-corrected chi connectivity index (χ2v) is 5.98. The zero-order valence-corrected chi connectivity index (χ0v) is 13.0. The van der Waals surface area contributed by atoms with Gasteiger partial charge < -0.3 is 16.2 Å². The lowest BCUT2D eigenvalue weighted by Crippen LogP contribution is -2.41. The van der Waals surface area contributed by atoms with Crippen LogP contribution < -0.4 is 11.1 Å². The third-order valence-corrected chi connectivity index (χ3v) is 4.30. The van der Waals surface area contributed by atoms with Crippen LogP contribution in [0.3, 0.4) is 0 Å². The fourth-order valence-corrected chi connectivity index (χ4v) is 2.91. The molecule has 4 N–H and O–H groups in total. The van der Waals surface area contributed by atoms with Gasteiger partial charge in [-0.15, -0.1) is 11.3 Å². The van der Waals surface area contributed by atoms with Gasteiger partial charge in [-0.1, -0.05) is 30.3 Å². The first-order valence-electron chi connectivity index (χ1n) is 6.94. The van der Waals surface area contributed by atoms with Crippen LogP contribution in [0, 0.1) is 0 Å². The van der Waals surface area contributed by atoms with Crippen LogP contribution in [0.25, 0.3) is 10.4 Å². The van der Waals surface area contributed by atoms with Crippen molar-refractivity contribution < 1.29 is 19.5 Å². The Balaban J connectivity index is 2.06. The number of nitrogens with two attached hydrogens (primary N) is 1. The number of carboxylic acids is 1. The van der Waals surface area contributed by atoms with Gasteiger partial charge in [-0.25, -0.2) is 4.79 Å². The molecule has 1 heterocycles. The average Bonchev–Trinajstić information content (AvgIpc) is 3.01. The highest BCUT2D eigenvalue weighted by Crippen LogP contribution is 2.27. The minimum absolute atomic E-state index is 0.0344. The Bertz CT molecular complexity index is 712. The summed E-state index contributed by atoms with van der Waals surface area (Å²) in [6.07, 6.45) is -0.135. The topological polar surface area (TPSA) is 109 Å². The van der Waals surface area contributed by atoms with Gasteiger partial charge in [-0.3, -0.25) is 9.59 Å². The Labute approximate surface area is 136 Å². The van der Waals surface area contributed by atoms with Gasteiger partial charge in [0.25, 0.3) is 5.91 Å². The molecule has 0 aliphatic rings. The van der Waals surface area contributed by atoms with E-state index in [0.29, 0.717) is 4.88 Å². The van der Waals surface area contributed by atoms with Crippen molar-refractivity contribution in [3.8, 4) is 10.4 Å². The number of carbonyl (C=O) groups is 3. The first-order valence-corrected chi connectivity index (χ1v) is 7.76. The van der Waals surface area contributed by atoms with Crippen LogP contribution in [-0.4, -0.2) is 28.9 Å².